The Kier molecular flexibility index (Phi) is 37.6. The van der Waals surface area contributed by atoms with Crippen LogP contribution in [0.3, 0.4) is 0 Å². The largest absolute Gasteiger partial charge is 0.486 e. The number of hydrogen-bond acceptors (Lipinski definition) is 37. The molecule has 3 aliphatic rings. The Balaban J connectivity index is 0.000000179. The van der Waals surface area contributed by atoms with Gasteiger partial charge in [0.15, 0.2) is 11.6 Å². The Morgan fingerprint density at radius 1 is 0.471 bits per heavy atom. The van der Waals surface area contributed by atoms with Gasteiger partial charge in [-0.05, 0) is 369 Å². The van der Waals surface area contributed by atoms with Gasteiger partial charge in [-0.15, -0.1) is 20.4 Å². The zero-order valence-corrected chi connectivity index (χ0v) is 87.2. The van der Waals surface area contributed by atoms with Crippen molar-refractivity contribution in [2.24, 2.45) is 0 Å². The molecule has 0 aliphatic carbocycles. The molecular weight excluding hydrogens is 1830 g/mol. The van der Waals surface area contributed by atoms with Gasteiger partial charge < -0.3 is 35.1 Å². The normalized spacial score (nSPS) is 14.6. The number of likely N-dealkylation sites (N-methyl/N-ethyl adjacent to an activating group) is 1. The Hall–Kier alpha value is -13.6. The fraction of sp³-hybridized carbons (Fsp3) is 0.580. The van der Waals surface area contributed by atoms with E-state index in [4.69, 9.17) is 4.74 Å². The highest BCUT2D eigenvalue weighted by Gasteiger charge is 2.33. The molecule has 0 spiro atoms. The molecule has 50 nitrogen and oxygen atoms in total. The van der Waals surface area contributed by atoms with Crippen LogP contribution in [0, 0.1) is 0 Å². The molecule has 52 heteroatoms. The fourth-order valence-electron chi connectivity index (χ4n) is 13.4. The minimum atomic E-state index is -3.68. The van der Waals surface area contributed by atoms with Crippen LogP contribution in [0.4, 0.5) is 17.8 Å². The van der Waals surface area contributed by atoms with Crippen molar-refractivity contribution in [1.82, 2.24) is 202 Å². The lowest BCUT2D eigenvalue weighted by molar-refractivity contribution is 0.0707. The van der Waals surface area contributed by atoms with Crippen LogP contribution in [0.25, 0.3) is 5.95 Å². The summed E-state index contributed by atoms with van der Waals surface area (Å²) in [6.45, 7) is 60.7. The van der Waals surface area contributed by atoms with Gasteiger partial charge in [-0.1, -0.05) is 75.3 Å². The Morgan fingerprint density at radius 2 is 0.943 bits per heavy atom. The maximum absolute atomic E-state index is 12.3. The Bertz CT molecular complexity index is 6120. The number of sulfonamides is 1. The summed E-state index contributed by atoms with van der Waals surface area (Å²) in [7, 11) is -3.86. The molecule has 3 aromatic carbocycles. The highest BCUT2D eigenvalue weighted by Crippen LogP contribution is 2.35. The summed E-state index contributed by atoms with van der Waals surface area (Å²) in [4.78, 5) is 46.8. The molecule has 0 saturated carbocycles. The van der Waals surface area contributed by atoms with E-state index in [-0.39, 0.29) is 79.2 Å². The lowest BCUT2D eigenvalue weighted by Gasteiger charge is -2.28. The maximum Gasteiger partial charge on any atom is 0.293 e. The number of hydrogen-bond donors (Lipinski definition) is 5. The molecule has 140 heavy (non-hydrogen) atoms. The van der Waals surface area contributed by atoms with Crippen LogP contribution in [-0.4, -0.2) is 296 Å². The quantitative estimate of drug-likeness (QED) is 0.0508. The van der Waals surface area contributed by atoms with Crippen LogP contribution < -0.4 is 36.0 Å². The summed E-state index contributed by atoms with van der Waals surface area (Å²) in [5.41, 5.74) is -0.146. The molecule has 3 amide bonds. The van der Waals surface area contributed by atoms with Gasteiger partial charge in [0.25, 0.3) is 39.6 Å². The van der Waals surface area contributed by atoms with Crippen molar-refractivity contribution < 1.29 is 32.1 Å². The molecule has 13 heterocycles. The van der Waals surface area contributed by atoms with Crippen LogP contribution in [0.1, 0.15) is 241 Å². The van der Waals surface area contributed by atoms with Crippen molar-refractivity contribution in [1.29, 1.82) is 0 Å². The molecule has 16 rings (SSSR count). The molecule has 0 bridgehead atoms. The monoisotopic (exact) mass is 1970 g/mol. The zero-order valence-electron chi connectivity index (χ0n) is 85.5. The molecule has 1 atom stereocenters. The first-order valence-electron chi connectivity index (χ1n) is 45.9. The van der Waals surface area contributed by atoms with E-state index in [1.54, 1.807) is 93.7 Å². The van der Waals surface area contributed by atoms with Gasteiger partial charge in [0, 0.05) is 75.4 Å². The number of rotatable bonds is 18. The third-order valence-corrected chi connectivity index (χ3v) is 23.4. The average molecular weight is 1970 g/mol. The zero-order chi connectivity index (χ0) is 103. The molecule has 3 aliphatic heterocycles. The van der Waals surface area contributed by atoms with E-state index in [0.29, 0.717) is 60.5 Å². The van der Waals surface area contributed by atoms with Crippen molar-refractivity contribution in [3.05, 3.63) is 162 Å². The topological polar surface area (TPSA) is 561 Å². The number of ether oxygens (including phenoxy) is 1. The summed E-state index contributed by atoms with van der Waals surface area (Å²) in [6, 6.07) is 30.9. The van der Waals surface area contributed by atoms with Gasteiger partial charge in [0.05, 0.1) is 61.3 Å². The number of carbonyl (C=O) groups is 3. The van der Waals surface area contributed by atoms with E-state index in [1.807, 2.05) is 191 Å². The highest BCUT2D eigenvalue weighted by molar-refractivity contribution is 7.92. The molecule has 3 saturated heterocycles. The van der Waals surface area contributed by atoms with E-state index in [2.05, 4.69) is 224 Å². The molecule has 13 aromatic rings. The summed E-state index contributed by atoms with van der Waals surface area (Å²) in [5, 5.41) is 109. The standard InChI is InChI=1S/C14H21N4O2P.C12H17N5.C11H20N6O.C11H14N6O.C11H15N5O2S.C11H21N5.C10H18N6O.C8H12N6/c1-14(2,3)18-13(15-16-17-18)10-20-11-6-8-12(9-7-11)21(4,5)19;1-12(2,3)17-11(14-15-16-17)13-9-10-7-5-4-6-8-10;1-11(2,3)17-9(13-14-15-17)10(18)12-8-5-6-16(4)7-8;1-11(2,3)17-10(14-15-16-17)13-9(18)8-5-4-6-12-7-8;1-11(2,3)16-10(12-14-15-16)13-19(17,18)9-7-5-4-6-8-9;1-11(2,3)16-10(12-13-14-16)9-15-7-5-4-6-8-15;1-10(2,3)16-8(12-13-14-16)9(17)15-6-4-11-5-7-15;1-8(2,3)14-7(10-11-12-14)13-6-4-5-9-13/h6-9H,10H2,1-5H3;4-8H,9H2,1-3H3,(H,13,14,16);8H,5-7H2,1-4H3,(H,12,18);4-7H,1-3H3,(H,13,14,16,18);4-8H,1-3H3,(H,12,13,15);4-9H2,1-3H3;11H,4-7H2,1-3H3;4-6H,1-3H3. The number of carbonyl (C=O) groups excluding carboxylic acids is 3. The number of benzene rings is 3. The summed E-state index contributed by atoms with van der Waals surface area (Å²) in [6.07, 6.45) is 11.5. The first-order valence-corrected chi connectivity index (χ1v) is 50.0. The third kappa shape index (κ3) is 33.1. The van der Waals surface area contributed by atoms with Gasteiger partial charge >= 0.3 is 0 Å². The summed E-state index contributed by atoms with van der Waals surface area (Å²) in [5.74, 6) is 4.10. The molecule has 1 unspecified atom stereocenters. The van der Waals surface area contributed by atoms with Crippen LogP contribution >= 0.6 is 7.14 Å². The molecule has 758 valence electrons. The number of anilines is 3. The predicted molar refractivity (Wildman–Crippen MR) is 524 cm³/mol. The van der Waals surface area contributed by atoms with Gasteiger partial charge in [-0.25, -0.2) is 55.3 Å². The number of aromatic nitrogens is 35. The van der Waals surface area contributed by atoms with E-state index in [0.717, 1.165) is 56.8 Å². The van der Waals surface area contributed by atoms with E-state index >= 15 is 0 Å². The van der Waals surface area contributed by atoms with E-state index in [1.165, 1.54) is 60.9 Å². The minimum absolute atomic E-state index is 0.0331. The smallest absolute Gasteiger partial charge is 0.293 e. The first-order chi connectivity index (χ1) is 65.6. The molecule has 5 N–H and O–H groups in total. The second kappa shape index (κ2) is 47.9. The number of likely N-dealkylation sites (tertiary alicyclic amines) is 2. The van der Waals surface area contributed by atoms with Crippen molar-refractivity contribution in [3.8, 4) is 11.7 Å². The molecule has 0 radical (unpaired) electrons. The number of piperidine rings is 1. The average Bonchev–Trinajstić information content (AvgIpc) is 1.54. The Labute approximate surface area is 816 Å². The molecule has 3 fully saturated rings. The SMILES string of the molecule is CC(C)(C)n1nnnc1-n1cccn1.CC(C)(C)n1nnnc1C(=O)N1CCNCC1.CC(C)(C)n1nnnc1CN1CCCCC1.CC(C)(C)n1nnnc1COc1ccc(P(C)(C)=O)cc1.CC(C)(C)n1nnnc1NC(=O)c1cccnc1.CC(C)(C)n1nnnc1NCc1ccccc1.CC(C)(C)n1nnnc1NS(=O)(=O)c1ccccc1.CN1CCC(NC(=O)c2nnnn2C(C)(C)C)C1. The first kappa shape index (κ1) is 110. The summed E-state index contributed by atoms with van der Waals surface area (Å²) < 4.78 is 59.3. The lowest BCUT2D eigenvalue weighted by atomic mass is 10.1. The second-order valence-corrected chi connectivity index (χ2v) is 46.4. The molecular formula is C88H138N43O7PS. The fourth-order valence-corrected chi connectivity index (χ4v) is 15.3. The van der Waals surface area contributed by atoms with Crippen LogP contribution in [-0.2, 0) is 78.6 Å². The number of tetrazole rings is 8. The Morgan fingerprint density at radius 3 is 1.46 bits per heavy atom. The minimum Gasteiger partial charge on any atom is -0.486 e. The number of nitrogens with zero attached hydrogens (tertiary/aromatic N) is 38. The summed E-state index contributed by atoms with van der Waals surface area (Å²) >= 11 is 0. The van der Waals surface area contributed by atoms with Gasteiger partial charge in [0.1, 0.15) is 19.5 Å². The van der Waals surface area contributed by atoms with Crippen LogP contribution in [0.15, 0.2) is 133 Å². The van der Waals surface area contributed by atoms with Gasteiger partial charge in [-0.2, -0.15) is 5.10 Å². The van der Waals surface area contributed by atoms with Crippen LogP contribution in [0.5, 0.6) is 5.75 Å². The van der Waals surface area contributed by atoms with Crippen molar-refractivity contribution in [3.63, 3.8) is 0 Å². The van der Waals surface area contributed by atoms with E-state index < -0.39 is 22.7 Å². The molecule has 10 aromatic heterocycles. The van der Waals surface area contributed by atoms with Gasteiger partial charge in [0.2, 0.25) is 23.5 Å². The number of amides is 3. The lowest BCUT2D eigenvalue weighted by Crippen LogP contribution is -2.47. The maximum atomic E-state index is 12.3. The predicted octanol–water partition coefficient (Wildman–Crippen LogP) is 7.96. The van der Waals surface area contributed by atoms with Crippen molar-refractivity contribution in [2.45, 2.75) is 267 Å². The number of piperazine rings is 1. The second-order valence-electron chi connectivity index (χ2n) is 41.5. The van der Waals surface area contributed by atoms with Crippen molar-refractivity contribution in [2.75, 3.05) is 88.1 Å². The van der Waals surface area contributed by atoms with Crippen LogP contribution in [0.2, 0.25) is 0 Å². The highest BCUT2D eigenvalue weighted by atomic mass is 32.2. The number of nitrogens with one attached hydrogen (secondary N) is 5. The number of pyridine rings is 1. The van der Waals surface area contributed by atoms with Gasteiger partial charge in [-0.3, -0.25) is 29.6 Å². The third-order valence-electron chi connectivity index (χ3n) is 20.5. The van der Waals surface area contributed by atoms with E-state index in [9.17, 15) is 27.4 Å². The van der Waals surface area contributed by atoms with Crippen molar-refractivity contribution >= 4 is 58.0 Å².